The first kappa shape index (κ1) is 16.3. The number of ether oxygens (including phenoxy) is 3. The van der Waals surface area contributed by atoms with Crippen LogP contribution in [0.25, 0.3) is 0 Å². The van der Waals surface area contributed by atoms with Gasteiger partial charge in [0.25, 0.3) is 0 Å². The van der Waals surface area contributed by atoms with Crippen molar-refractivity contribution in [1.82, 2.24) is 5.32 Å². The molecule has 4 nitrogen and oxygen atoms in total. The van der Waals surface area contributed by atoms with E-state index in [1.165, 1.54) is 0 Å². The summed E-state index contributed by atoms with van der Waals surface area (Å²) in [5, 5.41) is 3.11. The molecule has 1 N–H and O–H groups in total. The van der Waals surface area contributed by atoms with Crippen LogP contribution in [0.5, 0.6) is 11.5 Å². The summed E-state index contributed by atoms with van der Waals surface area (Å²) in [7, 11) is 3.55. The molecule has 0 heterocycles. The summed E-state index contributed by atoms with van der Waals surface area (Å²) < 4.78 is 17.4. The Morgan fingerprint density at radius 3 is 2.58 bits per heavy atom. The summed E-state index contributed by atoms with van der Waals surface area (Å²) in [6.07, 6.45) is 0.215. The van der Waals surface area contributed by atoms with Crippen molar-refractivity contribution in [2.45, 2.75) is 26.5 Å². The summed E-state index contributed by atoms with van der Waals surface area (Å²) in [6.45, 7) is 5.85. The van der Waals surface area contributed by atoms with Gasteiger partial charge in [0.1, 0.15) is 6.61 Å². The van der Waals surface area contributed by atoms with Gasteiger partial charge >= 0.3 is 0 Å². The predicted molar refractivity (Wildman–Crippen MR) is 80.0 cm³/mol. The standard InChI is InChI=1S/C14H22BrNO3/c1-10(2)18-5-6-19-14-12(15)7-11(9-16-3)8-13(14)17-4/h7-8,10,16H,5-6,9H2,1-4H3. The predicted octanol–water partition coefficient (Wildman–Crippen LogP) is 2.98. The topological polar surface area (TPSA) is 39.7 Å². The molecule has 5 heteroatoms. The second-order valence-electron chi connectivity index (χ2n) is 4.41. The zero-order chi connectivity index (χ0) is 14.3. The maximum absolute atomic E-state index is 5.73. The van der Waals surface area contributed by atoms with Gasteiger partial charge in [0.05, 0.1) is 24.3 Å². The number of nitrogens with one attached hydrogen (secondary N) is 1. The Bertz CT molecular complexity index is 397. The summed E-state index contributed by atoms with van der Waals surface area (Å²) in [5.41, 5.74) is 1.14. The number of hydrogen-bond donors (Lipinski definition) is 1. The van der Waals surface area contributed by atoms with Gasteiger partial charge in [0.15, 0.2) is 11.5 Å². The van der Waals surface area contributed by atoms with E-state index >= 15 is 0 Å². The van der Waals surface area contributed by atoms with E-state index in [1.807, 2.05) is 33.0 Å². The van der Waals surface area contributed by atoms with Crippen molar-refractivity contribution in [3.63, 3.8) is 0 Å². The Kier molecular flexibility index (Phi) is 7.20. The molecule has 0 aliphatic heterocycles. The summed E-state index contributed by atoms with van der Waals surface area (Å²) in [4.78, 5) is 0. The van der Waals surface area contributed by atoms with Crippen LogP contribution < -0.4 is 14.8 Å². The van der Waals surface area contributed by atoms with E-state index in [-0.39, 0.29) is 6.10 Å². The first-order valence-corrected chi connectivity index (χ1v) is 7.13. The fraction of sp³-hybridized carbons (Fsp3) is 0.571. The van der Waals surface area contributed by atoms with E-state index in [9.17, 15) is 0 Å². The van der Waals surface area contributed by atoms with Gasteiger partial charge in [-0.1, -0.05) is 0 Å². The first-order chi connectivity index (χ1) is 9.08. The molecule has 0 aliphatic carbocycles. The molecule has 1 aromatic carbocycles. The average Bonchev–Trinajstić information content (AvgIpc) is 2.36. The highest BCUT2D eigenvalue weighted by Crippen LogP contribution is 2.36. The lowest BCUT2D eigenvalue weighted by molar-refractivity contribution is 0.0545. The molecule has 0 unspecified atom stereocenters. The van der Waals surface area contributed by atoms with Gasteiger partial charge in [-0.15, -0.1) is 0 Å². The van der Waals surface area contributed by atoms with Gasteiger partial charge in [0, 0.05) is 6.54 Å². The minimum absolute atomic E-state index is 0.215. The Morgan fingerprint density at radius 1 is 1.26 bits per heavy atom. The number of hydrogen-bond acceptors (Lipinski definition) is 4. The highest BCUT2D eigenvalue weighted by atomic mass is 79.9. The molecule has 0 atom stereocenters. The second kappa shape index (κ2) is 8.40. The normalized spacial score (nSPS) is 10.8. The van der Waals surface area contributed by atoms with E-state index in [0.29, 0.717) is 13.2 Å². The molecule has 0 spiro atoms. The number of rotatable bonds is 8. The SMILES string of the molecule is CNCc1cc(Br)c(OCCOC(C)C)c(OC)c1. The van der Waals surface area contributed by atoms with Crippen LogP contribution in [0.1, 0.15) is 19.4 Å². The van der Waals surface area contributed by atoms with E-state index in [0.717, 1.165) is 28.1 Å². The van der Waals surface area contributed by atoms with Gasteiger partial charge in [-0.2, -0.15) is 0 Å². The molecule has 1 aromatic rings. The third-order valence-electron chi connectivity index (χ3n) is 2.45. The van der Waals surface area contributed by atoms with Gasteiger partial charge in [-0.3, -0.25) is 0 Å². The maximum atomic E-state index is 5.73. The molecular formula is C14H22BrNO3. The Hall–Kier alpha value is -0.780. The summed E-state index contributed by atoms with van der Waals surface area (Å²) in [5.74, 6) is 1.44. The fourth-order valence-electron chi connectivity index (χ4n) is 1.65. The van der Waals surface area contributed by atoms with Crippen molar-refractivity contribution >= 4 is 15.9 Å². The maximum Gasteiger partial charge on any atom is 0.175 e. The quantitative estimate of drug-likeness (QED) is 0.743. The third-order valence-corrected chi connectivity index (χ3v) is 3.04. The zero-order valence-corrected chi connectivity index (χ0v) is 13.5. The van der Waals surface area contributed by atoms with Crippen LogP contribution in [0.15, 0.2) is 16.6 Å². The van der Waals surface area contributed by atoms with Crippen LogP contribution in [0.2, 0.25) is 0 Å². The smallest absolute Gasteiger partial charge is 0.175 e. The average molecular weight is 332 g/mol. The van der Waals surface area contributed by atoms with Crippen LogP contribution >= 0.6 is 15.9 Å². The van der Waals surface area contributed by atoms with E-state index in [2.05, 4.69) is 21.2 Å². The van der Waals surface area contributed by atoms with Crippen molar-refractivity contribution in [3.8, 4) is 11.5 Å². The van der Waals surface area contributed by atoms with E-state index in [1.54, 1.807) is 7.11 Å². The lowest BCUT2D eigenvalue weighted by atomic mass is 10.2. The van der Waals surface area contributed by atoms with Crippen molar-refractivity contribution < 1.29 is 14.2 Å². The highest BCUT2D eigenvalue weighted by Gasteiger charge is 2.11. The largest absolute Gasteiger partial charge is 0.493 e. The van der Waals surface area contributed by atoms with Crippen molar-refractivity contribution in [2.75, 3.05) is 27.4 Å². The van der Waals surface area contributed by atoms with Crippen LogP contribution in [0.4, 0.5) is 0 Å². The second-order valence-corrected chi connectivity index (χ2v) is 5.26. The minimum atomic E-state index is 0.215. The van der Waals surface area contributed by atoms with Crippen molar-refractivity contribution in [2.24, 2.45) is 0 Å². The number of methoxy groups -OCH3 is 1. The molecule has 0 aliphatic rings. The van der Waals surface area contributed by atoms with Crippen molar-refractivity contribution in [1.29, 1.82) is 0 Å². The number of benzene rings is 1. The van der Waals surface area contributed by atoms with Gasteiger partial charge in [-0.05, 0) is 54.5 Å². The highest BCUT2D eigenvalue weighted by molar-refractivity contribution is 9.10. The monoisotopic (exact) mass is 331 g/mol. The van der Waals surface area contributed by atoms with Crippen LogP contribution in [-0.2, 0) is 11.3 Å². The van der Waals surface area contributed by atoms with Crippen LogP contribution in [-0.4, -0.2) is 33.5 Å². The van der Waals surface area contributed by atoms with Crippen molar-refractivity contribution in [3.05, 3.63) is 22.2 Å². The van der Waals surface area contributed by atoms with Gasteiger partial charge in [0.2, 0.25) is 0 Å². The molecule has 0 saturated heterocycles. The lowest BCUT2D eigenvalue weighted by Gasteiger charge is -2.15. The van der Waals surface area contributed by atoms with E-state index < -0.39 is 0 Å². The molecular weight excluding hydrogens is 310 g/mol. The molecule has 108 valence electrons. The first-order valence-electron chi connectivity index (χ1n) is 6.34. The molecule has 0 amide bonds. The third kappa shape index (κ3) is 5.38. The summed E-state index contributed by atoms with van der Waals surface area (Å²) in [6, 6.07) is 4.00. The van der Waals surface area contributed by atoms with Crippen LogP contribution in [0, 0.1) is 0 Å². The van der Waals surface area contributed by atoms with E-state index in [4.69, 9.17) is 14.2 Å². The molecule has 1 rings (SSSR count). The Morgan fingerprint density at radius 2 is 2.00 bits per heavy atom. The van der Waals surface area contributed by atoms with Gasteiger partial charge in [-0.25, -0.2) is 0 Å². The Labute approximate surface area is 123 Å². The Balaban J connectivity index is 2.70. The molecule has 0 radical (unpaired) electrons. The zero-order valence-electron chi connectivity index (χ0n) is 12.0. The molecule has 0 aromatic heterocycles. The summed E-state index contributed by atoms with van der Waals surface area (Å²) >= 11 is 3.52. The fourth-order valence-corrected chi connectivity index (χ4v) is 2.25. The molecule has 0 fully saturated rings. The minimum Gasteiger partial charge on any atom is -0.493 e. The van der Waals surface area contributed by atoms with Crippen LogP contribution in [0.3, 0.4) is 0 Å². The molecule has 0 saturated carbocycles. The molecule has 19 heavy (non-hydrogen) atoms. The lowest BCUT2D eigenvalue weighted by Crippen LogP contribution is -2.12. The number of halogens is 1. The molecule has 0 bridgehead atoms. The van der Waals surface area contributed by atoms with Gasteiger partial charge < -0.3 is 19.5 Å².